The first-order valence-electron chi connectivity index (χ1n) is 5.47. The minimum Gasteiger partial charge on any atom is -0.448 e. The summed E-state index contributed by atoms with van der Waals surface area (Å²) in [6.45, 7) is 1.96. The van der Waals surface area contributed by atoms with Crippen molar-refractivity contribution in [2.75, 3.05) is 0 Å². The second-order valence-electron chi connectivity index (χ2n) is 4.08. The molecule has 0 aliphatic heterocycles. The molecule has 2 rings (SSSR count). The molecule has 2 aromatic rings. The third kappa shape index (κ3) is 2.94. The summed E-state index contributed by atoms with van der Waals surface area (Å²) in [4.78, 5) is 4.40. The molecule has 84 valence electrons. The van der Waals surface area contributed by atoms with E-state index >= 15 is 0 Å². The van der Waals surface area contributed by atoms with E-state index in [9.17, 15) is 0 Å². The van der Waals surface area contributed by atoms with Crippen LogP contribution in [0.5, 0.6) is 0 Å². The van der Waals surface area contributed by atoms with E-state index < -0.39 is 0 Å². The number of rotatable bonds is 4. The molecule has 0 aliphatic carbocycles. The van der Waals surface area contributed by atoms with E-state index in [4.69, 9.17) is 10.2 Å². The third-order valence-corrected chi connectivity index (χ3v) is 2.33. The molecule has 0 amide bonds. The molecule has 0 radical (unpaired) electrons. The van der Waals surface area contributed by atoms with Crippen molar-refractivity contribution in [1.29, 1.82) is 0 Å². The molecule has 0 bridgehead atoms. The summed E-state index contributed by atoms with van der Waals surface area (Å²) in [7, 11) is 0. The first kappa shape index (κ1) is 10.9. The highest BCUT2D eigenvalue weighted by atomic mass is 16.3. The second kappa shape index (κ2) is 4.94. The standard InChI is InChI=1S/C13H16N2O/c1-10(14)7-12-9-16-13(15-12)8-11-5-3-2-4-6-11/h2-6,9-10H,7-8,14H2,1H3. The summed E-state index contributed by atoms with van der Waals surface area (Å²) < 4.78 is 5.40. The molecule has 3 nitrogen and oxygen atoms in total. The van der Waals surface area contributed by atoms with Crippen molar-refractivity contribution >= 4 is 0 Å². The van der Waals surface area contributed by atoms with E-state index in [1.165, 1.54) is 5.56 Å². The fraction of sp³-hybridized carbons (Fsp3) is 0.308. The predicted octanol–water partition coefficient (Wildman–Crippen LogP) is 2.16. The first-order valence-corrected chi connectivity index (χ1v) is 5.47. The van der Waals surface area contributed by atoms with Gasteiger partial charge < -0.3 is 10.2 Å². The van der Waals surface area contributed by atoms with Gasteiger partial charge in [-0.15, -0.1) is 0 Å². The van der Waals surface area contributed by atoms with E-state index in [2.05, 4.69) is 17.1 Å². The van der Waals surface area contributed by atoms with Crippen LogP contribution in [0.1, 0.15) is 24.1 Å². The predicted molar refractivity (Wildman–Crippen MR) is 63.1 cm³/mol. The Morgan fingerprint density at radius 1 is 1.31 bits per heavy atom. The Labute approximate surface area is 95.3 Å². The van der Waals surface area contributed by atoms with Gasteiger partial charge in [-0.2, -0.15) is 0 Å². The Bertz CT molecular complexity index is 434. The maximum absolute atomic E-state index is 5.70. The highest BCUT2D eigenvalue weighted by Crippen LogP contribution is 2.10. The van der Waals surface area contributed by atoms with Crippen molar-refractivity contribution in [3.8, 4) is 0 Å². The van der Waals surface area contributed by atoms with Gasteiger partial charge in [0.15, 0.2) is 5.89 Å². The summed E-state index contributed by atoms with van der Waals surface area (Å²) in [5, 5.41) is 0. The summed E-state index contributed by atoms with van der Waals surface area (Å²) in [5.74, 6) is 0.752. The van der Waals surface area contributed by atoms with E-state index in [1.54, 1.807) is 6.26 Å². The number of nitrogens with zero attached hydrogens (tertiary/aromatic N) is 1. The maximum atomic E-state index is 5.70. The molecule has 16 heavy (non-hydrogen) atoms. The number of nitrogens with two attached hydrogens (primary N) is 1. The summed E-state index contributed by atoms with van der Waals surface area (Å²) in [6, 6.07) is 10.3. The van der Waals surface area contributed by atoms with Crippen molar-refractivity contribution in [1.82, 2.24) is 4.98 Å². The summed E-state index contributed by atoms with van der Waals surface area (Å²) in [6.07, 6.45) is 3.19. The molecule has 0 aliphatic rings. The average Bonchev–Trinajstić information content (AvgIpc) is 2.66. The highest BCUT2D eigenvalue weighted by Gasteiger charge is 2.06. The van der Waals surface area contributed by atoms with Crippen LogP contribution in [0.4, 0.5) is 0 Å². The third-order valence-electron chi connectivity index (χ3n) is 2.33. The second-order valence-corrected chi connectivity index (χ2v) is 4.08. The largest absolute Gasteiger partial charge is 0.448 e. The van der Waals surface area contributed by atoms with Gasteiger partial charge in [-0.1, -0.05) is 30.3 Å². The van der Waals surface area contributed by atoms with Crippen LogP contribution in [-0.4, -0.2) is 11.0 Å². The highest BCUT2D eigenvalue weighted by molar-refractivity contribution is 5.18. The van der Waals surface area contributed by atoms with Gasteiger partial charge >= 0.3 is 0 Å². The Morgan fingerprint density at radius 2 is 2.06 bits per heavy atom. The fourth-order valence-corrected chi connectivity index (χ4v) is 1.62. The van der Waals surface area contributed by atoms with Crippen LogP contribution in [0, 0.1) is 0 Å². The lowest BCUT2D eigenvalue weighted by atomic mass is 10.1. The van der Waals surface area contributed by atoms with Crippen molar-refractivity contribution < 1.29 is 4.42 Å². The van der Waals surface area contributed by atoms with E-state index in [-0.39, 0.29) is 6.04 Å². The SMILES string of the molecule is CC(N)Cc1coc(Cc2ccccc2)n1. The molecule has 0 saturated carbocycles. The van der Waals surface area contributed by atoms with Gasteiger partial charge in [0, 0.05) is 18.9 Å². The number of hydrogen-bond acceptors (Lipinski definition) is 3. The monoisotopic (exact) mass is 216 g/mol. The zero-order chi connectivity index (χ0) is 11.4. The van der Waals surface area contributed by atoms with Crippen molar-refractivity contribution in [2.24, 2.45) is 5.73 Å². The topological polar surface area (TPSA) is 52.0 Å². The van der Waals surface area contributed by atoms with Crippen LogP contribution in [0.3, 0.4) is 0 Å². The average molecular weight is 216 g/mol. The Hall–Kier alpha value is -1.61. The minimum atomic E-state index is 0.120. The molecule has 1 heterocycles. The summed E-state index contributed by atoms with van der Waals surface area (Å²) in [5.41, 5.74) is 7.84. The Kier molecular flexibility index (Phi) is 3.37. The molecule has 3 heteroatoms. The zero-order valence-electron chi connectivity index (χ0n) is 9.39. The lowest BCUT2D eigenvalue weighted by molar-refractivity contribution is 0.506. The van der Waals surface area contributed by atoms with Crippen molar-refractivity contribution in [2.45, 2.75) is 25.8 Å². The molecule has 2 N–H and O–H groups in total. The Balaban J connectivity index is 2.03. The normalized spacial score (nSPS) is 12.6. The van der Waals surface area contributed by atoms with Gasteiger partial charge in [0.05, 0.1) is 5.69 Å². The molecular formula is C13H16N2O. The van der Waals surface area contributed by atoms with Crippen LogP contribution in [-0.2, 0) is 12.8 Å². The molecule has 0 spiro atoms. The van der Waals surface area contributed by atoms with Crippen LogP contribution in [0.15, 0.2) is 41.0 Å². The van der Waals surface area contributed by atoms with Gasteiger partial charge in [0.2, 0.25) is 0 Å². The lowest BCUT2D eigenvalue weighted by Crippen LogP contribution is -2.17. The molecular weight excluding hydrogens is 200 g/mol. The maximum Gasteiger partial charge on any atom is 0.198 e. The zero-order valence-corrected chi connectivity index (χ0v) is 9.39. The molecule has 1 aromatic heterocycles. The van der Waals surface area contributed by atoms with Crippen LogP contribution in [0.25, 0.3) is 0 Å². The quantitative estimate of drug-likeness (QED) is 0.852. The first-order chi connectivity index (χ1) is 7.74. The summed E-state index contributed by atoms with van der Waals surface area (Å²) >= 11 is 0. The molecule has 1 aromatic carbocycles. The minimum absolute atomic E-state index is 0.120. The number of hydrogen-bond donors (Lipinski definition) is 1. The van der Waals surface area contributed by atoms with E-state index in [0.717, 1.165) is 24.4 Å². The Morgan fingerprint density at radius 3 is 2.75 bits per heavy atom. The van der Waals surface area contributed by atoms with Crippen LogP contribution < -0.4 is 5.73 Å². The van der Waals surface area contributed by atoms with Crippen molar-refractivity contribution in [3.05, 3.63) is 53.7 Å². The number of benzene rings is 1. The smallest absolute Gasteiger partial charge is 0.198 e. The lowest BCUT2D eigenvalue weighted by Gasteiger charge is -1.98. The van der Waals surface area contributed by atoms with Gasteiger partial charge in [0.1, 0.15) is 6.26 Å². The number of oxazole rings is 1. The fourth-order valence-electron chi connectivity index (χ4n) is 1.62. The number of aromatic nitrogens is 1. The van der Waals surface area contributed by atoms with Crippen LogP contribution in [0.2, 0.25) is 0 Å². The van der Waals surface area contributed by atoms with Gasteiger partial charge in [-0.25, -0.2) is 4.98 Å². The molecule has 1 atom stereocenters. The van der Waals surface area contributed by atoms with Gasteiger partial charge in [0.25, 0.3) is 0 Å². The van der Waals surface area contributed by atoms with Gasteiger partial charge in [-0.05, 0) is 12.5 Å². The van der Waals surface area contributed by atoms with Crippen molar-refractivity contribution in [3.63, 3.8) is 0 Å². The van der Waals surface area contributed by atoms with E-state index in [0.29, 0.717) is 0 Å². The molecule has 0 fully saturated rings. The van der Waals surface area contributed by atoms with E-state index in [1.807, 2.05) is 25.1 Å². The molecule has 1 unspecified atom stereocenters. The van der Waals surface area contributed by atoms with Gasteiger partial charge in [-0.3, -0.25) is 0 Å². The molecule has 0 saturated heterocycles. The van der Waals surface area contributed by atoms with Crippen LogP contribution >= 0.6 is 0 Å².